The molecule has 2 rings (SSSR count). The molecule has 0 aromatic heterocycles. The van der Waals surface area contributed by atoms with Crippen LogP contribution in [-0.2, 0) is 0 Å². The van der Waals surface area contributed by atoms with Crippen LogP contribution in [0.1, 0.15) is 32.6 Å². The van der Waals surface area contributed by atoms with Crippen LogP contribution in [0.5, 0.6) is 0 Å². The van der Waals surface area contributed by atoms with Gasteiger partial charge >= 0.3 is 0 Å². The molecule has 0 radical (unpaired) electrons. The summed E-state index contributed by atoms with van der Waals surface area (Å²) in [5.74, 6) is 0.966. The summed E-state index contributed by atoms with van der Waals surface area (Å²) in [6, 6.07) is 0.910. The maximum absolute atomic E-state index is 2.73. The topological polar surface area (TPSA) is 6.48 Å². The molecule has 2 fully saturated rings. The largest absolute Gasteiger partial charge is 0.304 e. The Balaban J connectivity index is 1.82. The SMILES string of the molecule is C[C@@H]1CCC[C@H](N2CCN(C)CC2)C1. The number of rotatable bonds is 1. The first kappa shape index (κ1) is 10.4. The van der Waals surface area contributed by atoms with E-state index in [1.54, 1.807) is 0 Å². The van der Waals surface area contributed by atoms with E-state index in [4.69, 9.17) is 0 Å². The fourth-order valence-electron chi connectivity index (χ4n) is 2.92. The molecule has 82 valence electrons. The minimum absolute atomic E-state index is 0.910. The Hall–Kier alpha value is -0.0800. The van der Waals surface area contributed by atoms with Crippen LogP contribution in [-0.4, -0.2) is 49.1 Å². The van der Waals surface area contributed by atoms with Gasteiger partial charge in [-0.3, -0.25) is 4.90 Å². The van der Waals surface area contributed by atoms with Gasteiger partial charge in [0.2, 0.25) is 0 Å². The zero-order valence-corrected chi connectivity index (χ0v) is 9.71. The highest BCUT2D eigenvalue weighted by atomic mass is 15.3. The van der Waals surface area contributed by atoms with Gasteiger partial charge in [0.25, 0.3) is 0 Å². The van der Waals surface area contributed by atoms with E-state index in [2.05, 4.69) is 23.8 Å². The first-order chi connectivity index (χ1) is 6.75. The summed E-state index contributed by atoms with van der Waals surface area (Å²) in [5, 5.41) is 0. The third-order valence-corrected chi connectivity index (χ3v) is 3.96. The molecule has 1 aliphatic heterocycles. The van der Waals surface area contributed by atoms with Crippen molar-refractivity contribution in [3.05, 3.63) is 0 Å². The lowest BCUT2D eigenvalue weighted by atomic mass is 9.86. The van der Waals surface area contributed by atoms with Crippen LogP contribution in [0.3, 0.4) is 0 Å². The first-order valence-corrected chi connectivity index (χ1v) is 6.18. The van der Waals surface area contributed by atoms with Crippen molar-refractivity contribution in [2.24, 2.45) is 5.92 Å². The van der Waals surface area contributed by atoms with Gasteiger partial charge in [0.05, 0.1) is 0 Å². The number of likely N-dealkylation sites (N-methyl/N-ethyl adjacent to an activating group) is 1. The van der Waals surface area contributed by atoms with Crippen molar-refractivity contribution < 1.29 is 0 Å². The Bertz CT molecular complexity index is 173. The van der Waals surface area contributed by atoms with Gasteiger partial charge < -0.3 is 4.90 Å². The first-order valence-electron chi connectivity index (χ1n) is 6.18. The summed E-state index contributed by atoms with van der Waals surface area (Å²) >= 11 is 0. The second kappa shape index (κ2) is 4.63. The Morgan fingerprint density at radius 2 is 1.71 bits per heavy atom. The summed E-state index contributed by atoms with van der Waals surface area (Å²) in [4.78, 5) is 5.18. The average Bonchev–Trinajstić information content (AvgIpc) is 2.19. The lowest BCUT2D eigenvalue weighted by Gasteiger charge is -2.41. The van der Waals surface area contributed by atoms with Crippen molar-refractivity contribution in [1.29, 1.82) is 0 Å². The van der Waals surface area contributed by atoms with E-state index in [0.717, 1.165) is 12.0 Å². The van der Waals surface area contributed by atoms with Crippen molar-refractivity contribution in [2.45, 2.75) is 38.6 Å². The predicted octanol–water partition coefficient (Wildman–Crippen LogP) is 1.81. The van der Waals surface area contributed by atoms with Crippen LogP contribution in [0.25, 0.3) is 0 Å². The minimum atomic E-state index is 0.910. The molecular formula is C12H24N2. The Kier molecular flexibility index (Phi) is 3.45. The van der Waals surface area contributed by atoms with Gasteiger partial charge in [0.1, 0.15) is 0 Å². The highest BCUT2D eigenvalue weighted by Gasteiger charge is 2.26. The van der Waals surface area contributed by atoms with E-state index in [0.29, 0.717) is 0 Å². The molecule has 1 saturated heterocycles. The molecule has 0 bridgehead atoms. The number of hydrogen-bond donors (Lipinski definition) is 0. The third kappa shape index (κ3) is 2.48. The van der Waals surface area contributed by atoms with Crippen LogP contribution in [0.15, 0.2) is 0 Å². The number of piperazine rings is 1. The lowest BCUT2D eigenvalue weighted by molar-refractivity contribution is 0.0797. The summed E-state index contributed by atoms with van der Waals surface area (Å²) < 4.78 is 0. The van der Waals surface area contributed by atoms with Gasteiger partial charge in [-0.15, -0.1) is 0 Å². The zero-order valence-electron chi connectivity index (χ0n) is 9.71. The van der Waals surface area contributed by atoms with Crippen LogP contribution in [0.4, 0.5) is 0 Å². The van der Waals surface area contributed by atoms with Crippen molar-refractivity contribution >= 4 is 0 Å². The van der Waals surface area contributed by atoms with Gasteiger partial charge in [-0.2, -0.15) is 0 Å². The maximum Gasteiger partial charge on any atom is 0.0113 e. The molecule has 2 nitrogen and oxygen atoms in total. The standard InChI is InChI=1S/C12H24N2/c1-11-4-3-5-12(10-11)14-8-6-13(2)7-9-14/h11-12H,3-10H2,1-2H3/t11-,12+/m1/s1. The van der Waals surface area contributed by atoms with Crippen molar-refractivity contribution in [3.8, 4) is 0 Å². The molecule has 0 unspecified atom stereocenters. The van der Waals surface area contributed by atoms with Crippen molar-refractivity contribution in [3.63, 3.8) is 0 Å². The zero-order chi connectivity index (χ0) is 9.97. The van der Waals surface area contributed by atoms with E-state index in [1.807, 2.05) is 0 Å². The van der Waals surface area contributed by atoms with E-state index < -0.39 is 0 Å². The second-order valence-electron chi connectivity index (χ2n) is 5.26. The van der Waals surface area contributed by atoms with Crippen LogP contribution in [0.2, 0.25) is 0 Å². The molecule has 0 N–H and O–H groups in total. The molecule has 2 aliphatic rings. The normalized spacial score (nSPS) is 37.3. The van der Waals surface area contributed by atoms with E-state index in [9.17, 15) is 0 Å². The summed E-state index contributed by atoms with van der Waals surface area (Å²) in [7, 11) is 2.24. The monoisotopic (exact) mass is 196 g/mol. The Morgan fingerprint density at radius 1 is 1.00 bits per heavy atom. The van der Waals surface area contributed by atoms with Crippen LogP contribution < -0.4 is 0 Å². The molecule has 1 aliphatic carbocycles. The number of hydrogen-bond acceptors (Lipinski definition) is 2. The van der Waals surface area contributed by atoms with Crippen molar-refractivity contribution in [2.75, 3.05) is 33.2 Å². The van der Waals surface area contributed by atoms with Gasteiger partial charge in [0.15, 0.2) is 0 Å². The smallest absolute Gasteiger partial charge is 0.0113 e. The average molecular weight is 196 g/mol. The molecule has 2 heteroatoms. The van der Waals surface area contributed by atoms with Crippen molar-refractivity contribution in [1.82, 2.24) is 9.80 Å². The fourth-order valence-corrected chi connectivity index (χ4v) is 2.92. The summed E-state index contributed by atoms with van der Waals surface area (Å²) in [5.41, 5.74) is 0. The van der Waals surface area contributed by atoms with Gasteiger partial charge in [0, 0.05) is 32.2 Å². The quantitative estimate of drug-likeness (QED) is 0.631. The molecule has 0 aromatic carbocycles. The van der Waals surface area contributed by atoms with Crippen LogP contribution >= 0.6 is 0 Å². The highest BCUT2D eigenvalue weighted by molar-refractivity contribution is 4.81. The molecule has 0 spiro atoms. The van der Waals surface area contributed by atoms with Gasteiger partial charge in [-0.25, -0.2) is 0 Å². The molecular weight excluding hydrogens is 172 g/mol. The highest BCUT2D eigenvalue weighted by Crippen LogP contribution is 2.27. The second-order valence-corrected chi connectivity index (χ2v) is 5.26. The minimum Gasteiger partial charge on any atom is -0.304 e. The molecule has 0 aromatic rings. The molecule has 14 heavy (non-hydrogen) atoms. The lowest BCUT2D eigenvalue weighted by Crippen LogP contribution is -2.50. The van der Waals surface area contributed by atoms with Gasteiger partial charge in [-0.1, -0.05) is 19.8 Å². The van der Waals surface area contributed by atoms with E-state index in [-0.39, 0.29) is 0 Å². The molecule has 0 amide bonds. The van der Waals surface area contributed by atoms with Gasteiger partial charge in [-0.05, 0) is 25.8 Å². The number of nitrogens with zero attached hydrogens (tertiary/aromatic N) is 2. The Morgan fingerprint density at radius 3 is 2.36 bits per heavy atom. The van der Waals surface area contributed by atoms with Crippen LogP contribution in [0, 0.1) is 5.92 Å². The summed E-state index contributed by atoms with van der Waals surface area (Å²) in [6.45, 7) is 7.56. The fraction of sp³-hybridized carbons (Fsp3) is 1.00. The third-order valence-electron chi connectivity index (χ3n) is 3.96. The maximum atomic E-state index is 2.73. The van der Waals surface area contributed by atoms with E-state index >= 15 is 0 Å². The summed E-state index contributed by atoms with van der Waals surface area (Å²) in [6.07, 6.45) is 5.82. The predicted molar refractivity (Wildman–Crippen MR) is 60.5 cm³/mol. The van der Waals surface area contributed by atoms with E-state index in [1.165, 1.54) is 51.9 Å². The molecule has 2 atom stereocenters. The Labute approximate surface area is 88.3 Å². The molecule has 1 saturated carbocycles. The molecule has 1 heterocycles.